The van der Waals surface area contributed by atoms with Crippen LogP contribution in [0.4, 0.5) is 8.78 Å². The number of carbonyl (C=O) groups is 1. The minimum atomic E-state index is -0.646. The number of hydrogen-bond donors (Lipinski definition) is 2. The molecule has 0 aliphatic rings. The second kappa shape index (κ2) is 7.19. The summed E-state index contributed by atoms with van der Waals surface area (Å²) < 4.78 is 26.4. The molecule has 0 saturated carbocycles. The Morgan fingerprint density at radius 2 is 2.00 bits per heavy atom. The van der Waals surface area contributed by atoms with Crippen LogP contribution < -0.4 is 10.6 Å². The molecule has 0 aromatic heterocycles. The minimum Gasteiger partial charge on any atom is -0.349 e. The van der Waals surface area contributed by atoms with E-state index in [-0.39, 0.29) is 17.4 Å². The Kier molecular flexibility index (Phi) is 5.89. The maximum atomic E-state index is 13.6. The molecule has 1 aromatic carbocycles. The zero-order chi connectivity index (χ0) is 14.4. The van der Waals surface area contributed by atoms with Crippen molar-refractivity contribution in [3.63, 3.8) is 0 Å². The molecule has 106 valence electrons. The number of hydrogen-bond acceptors (Lipinski definition) is 2. The fraction of sp³-hybridized carbons (Fsp3) is 0.500. The van der Waals surface area contributed by atoms with Gasteiger partial charge in [-0.15, -0.1) is 0 Å². The standard InChI is InChI=1S/C14H20F2N2O/c1-4-17-8-9(2)14(19)18-10(3)12-6-5-11(15)7-13(12)16/h5-7,9-10,17H,4,8H2,1-3H3,(H,18,19). The maximum absolute atomic E-state index is 13.6. The molecule has 0 radical (unpaired) electrons. The van der Waals surface area contributed by atoms with E-state index in [2.05, 4.69) is 10.6 Å². The first-order valence-corrected chi connectivity index (χ1v) is 6.41. The molecule has 0 aliphatic heterocycles. The van der Waals surface area contributed by atoms with E-state index >= 15 is 0 Å². The van der Waals surface area contributed by atoms with Gasteiger partial charge < -0.3 is 10.6 Å². The quantitative estimate of drug-likeness (QED) is 0.833. The minimum absolute atomic E-state index is 0.155. The van der Waals surface area contributed by atoms with E-state index in [4.69, 9.17) is 0 Å². The van der Waals surface area contributed by atoms with Gasteiger partial charge >= 0.3 is 0 Å². The molecule has 19 heavy (non-hydrogen) atoms. The highest BCUT2D eigenvalue weighted by Gasteiger charge is 2.18. The summed E-state index contributed by atoms with van der Waals surface area (Å²) in [5.74, 6) is -1.63. The lowest BCUT2D eigenvalue weighted by Gasteiger charge is -2.18. The molecule has 0 spiro atoms. The topological polar surface area (TPSA) is 41.1 Å². The largest absolute Gasteiger partial charge is 0.349 e. The van der Waals surface area contributed by atoms with Crippen molar-refractivity contribution in [1.29, 1.82) is 0 Å². The third kappa shape index (κ3) is 4.59. The van der Waals surface area contributed by atoms with Crippen LogP contribution in [0.25, 0.3) is 0 Å². The van der Waals surface area contributed by atoms with Gasteiger partial charge in [-0.2, -0.15) is 0 Å². The smallest absolute Gasteiger partial charge is 0.224 e. The van der Waals surface area contributed by atoms with Crippen LogP contribution in [0.15, 0.2) is 18.2 Å². The highest BCUT2D eigenvalue weighted by molar-refractivity contribution is 5.78. The van der Waals surface area contributed by atoms with Crippen LogP contribution in [0, 0.1) is 17.6 Å². The van der Waals surface area contributed by atoms with Gasteiger partial charge in [-0.1, -0.05) is 19.9 Å². The van der Waals surface area contributed by atoms with Gasteiger partial charge in [0, 0.05) is 24.1 Å². The third-order valence-corrected chi connectivity index (χ3v) is 2.94. The predicted molar refractivity (Wildman–Crippen MR) is 70.6 cm³/mol. The van der Waals surface area contributed by atoms with Crippen molar-refractivity contribution in [2.24, 2.45) is 5.92 Å². The van der Waals surface area contributed by atoms with Gasteiger partial charge in [-0.25, -0.2) is 8.78 Å². The van der Waals surface area contributed by atoms with Gasteiger partial charge in [0.25, 0.3) is 0 Å². The molecule has 5 heteroatoms. The second-order valence-corrected chi connectivity index (χ2v) is 4.60. The van der Waals surface area contributed by atoms with E-state index in [1.54, 1.807) is 13.8 Å². The average molecular weight is 270 g/mol. The Morgan fingerprint density at radius 3 is 2.58 bits per heavy atom. The van der Waals surface area contributed by atoms with Gasteiger partial charge in [-0.3, -0.25) is 4.79 Å². The van der Waals surface area contributed by atoms with Crippen molar-refractivity contribution >= 4 is 5.91 Å². The molecule has 2 unspecified atom stereocenters. The van der Waals surface area contributed by atoms with Crippen LogP contribution in [0.5, 0.6) is 0 Å². The lowest BCUT2D eigenvalue weighted by atomic mass is 10.1. The van der Waals surface area contributed by atoms with Crippen LogP contribution in [0.1, 0.15) is 32.4 Å². The summed E-state index contributed by atoms with van der Waals surface area (Å²) in [7, 11) is 0. The van der Waals surface area contributed by atoms with E-state index in [0.717, 1.165) is 12.6 Å². The Morgan fingerprint density at radius 1 is 1.32 bits per heavy atom. The van der Waals surface area contributed by atoms with E-state index in [9.17, 15) is 13.6 Å². The van der Waals surface area contributed by atoms with E-state index in [1.807, 2.05) is 6.92 Å². The molecule has 3 nitrogen and oxygen atoms in total. The van der Waals surface area contributed by atoms with Gasteiger partial charge in [0.05, 0.1) is 6.04 Å². The summed E-state index contributed by atoms with van der Waals surface area (Å²) >= 11 is 0. The fourth-order valence-corrected chi connectivity index (χ4v) is 1.74. The molecule has 0 bridgehead atoms. The maximum Gasteiger partial charge on any atom is 0.224 e. The summed E-state index contributed by atoms with van der Waals surface area (Å²) in [6, 6.07) is 2.87. The Bertz CT molecular complexity index is 437. The fourth-order valence-electron chi connectivity index (χ4n) is 1.74. The molecule has 0 saturated heterocycles. The average Bonchev–Trinajstić information content (AvgIpc) is 2.35. The molecular weight excluding hydrogens is 250 g/mol. The molecule has 1 rings (SSSR count). The third-order valence-electron chi connectivity index (χ3n) is 2.94. The Labute approximate surface area is 112 Å². The van der Waals surface area contributed by atoms with Gasteiger partial charge in [-0.05, 0) is 19.5 Å². The summed E-state index contributed by atoms with van der Waals surface area (Å²) in [5.41, 5.74) is 0.283. The summed E-state index contributed by atoms with van der Waals surface area (Å²) in [5, 5.41) is 5.80. The number of rotatable bonds is 6. The van der Waals surface area contributed by atoms with Crippen LogP contribution in [0.2, 0.25) is 0 Å². The number of nitrogens with one attached hydrogen (secondary N) is 2. The van der Waals surface area contributed by atoms with E-state index in [1.165, 1.54) is 12.1 Å². The SMILES string of the molecule is CCNCC(C)C(=O)NC(C)c1ccc(F)cc1F. The van der Waals surface area contributed by atoms with Crippen molar-refractivity contribution in [3.8, 4) is 0 Å². The molecule has 2 atom stereocenters. The first-order chi connectivity index (χ1) is 8.95. The van der Waals surface area contributed by atoms with Crippen molar-refractivity contribution in [2.45, 2.75) is 26.8 Å². The first kappa shape index (κ1) is 15.6. The Balaban J connectivity index is 2.63. The van der Waals surface area contributed by atoms with Gasteiger partial charge in [0.15, 0.2) is 0 Å². The number of halogens is 2. The second-order valence-electron chi connectivity index (χ2n) is 4.60. The molecule has 0 aliphatic carbocycles. The highest BCUT2D eigenvalue weighted by atomic mass is 19.1. The summed E-state index contributed by atoms with van der Waals surface area (Å²) in [6.45, 7) is 6.79. The number of carbonyl (C=O) groups excluding carboxylic acids is 1. The van der Waals surface area contributed by atoms with Crippen molar-refractivity contribution in [1.82, 2.24) is 10.6 Å². The molecule has 0 fully saturated rings. The lowest BCUT2D eigenvalue weighted by Crippen LogP contribution is -2.36. The lowest BCUT2D eigenvalue weighted by molar-refractivity contribution is -0.125. The first-order valence-electron chi connectivity index (χ1n) is 6.41. The number of amides is 1. The summed E-state index contributed by atoms with van der Waals surface area (Å²) in [6.07, 6.45) is 0. The summed E-state index contributed by atoms with van der Waals surface area (Å²) in [4.78, 5) is 11.9. The molecular formula is C14H20F2N2O. The predicted octanol–water partition coefficient (Wildman–Crippen LogP) is 2.39. The van der Waals surface area contributed by atoms with Crippen LogP contribution >= 0.6 is 0 Å². The van der Waals surface area contributed by atoms with E-state index in [0.29, 0.717) is 6.54 Å². The van der Waals surface area contributed by atoms with Crippen LogP contribution in [-0.2, 0) is 4.79 Å². The van der Waals surface area contributed by atoms with Gasteiger partial charge in [0.1, 0.15) is 11.6 Å². The zero-order valence-corrected chi connectivity index (χ0v) is 11.5. The van der Waals surface area contributed by atoms with Crippen LogP contribution in [-0.4, -0.2) is 19.0 Å². The molecule has 0 heterocycles. The molecule has 2 N–H and O–H groups in total. The number of benzene rings is 1. The van der Waals surface area contributed by atoms with Crippen molar-refractivity contribution in [3.05, 3.63) is 35.4 Å². The monoisotopic (exact) mass is 270 g/mol. The Hall–Kier alpha value is -1.49. The van der Waals surface area contributed by atoms with Crippen molar-refractivity contribution < 1.29 is 13.6 Å². The van der Waals surface area contributed by atoms with E-state index < -0.39 is 17.7 Å². The molecule has 1 amide bonds. The highest BCUT2D eigenvalue weighted by Crippen LogP contribution is 2.18. The van der Waals surface area contributed by atoms with Crippen molar-refractivity contribution in [2.75, 3.05) is 13.1 Å². The normalized spacial score (nSPS) is 13.9. The zero-order valence-electron chi connectivity index (χ0n) is 11.5. The van der Waals surface area contributed by atoms with Gasteiger partial charge in [0.2, 0.25) is 5.91 Å². The molecule has 1 aromatic rings. The van der Waals surface area contributed by atoms with Crippen LogP contribution in [0.3, 0.4) is 0 Å².